The van der Waals surface area contributed by atoms with Gasteiger partial charge in [-0.05, 0) is 29.3 Å². The third-order valence-electron chi connectivity index (χ3n) is 2.04. The lowest BCUT2D eigenvalue weighted by Crippen LogP contribution is -2.01. The molecule has 1 heterocycles. The maximum atomic E-state index is 12.9. The first-order chi connectivity index (χ1) is 7.16. The quantitative estimate of drug-likeness (QED) is 0.764. The molecule has 0 radical (unpaired) electrons. The number of pyridine rings is 1. The van der Waals surface area contributed by atoms with Gasteiger partial charge in [-0.3, -0.25) is 4.79 Å². The minimum Gasteiger partial charge on any atom is -0.328 e. The Hall–Kier alpha value is -1.97. The van der Waals surface area contributed by atoms with E-state index in [2.05, 4.69) is 4.98 Å². The summed E-state index contributed by atoms with van der Waals surface area (Å²) in [6.45, 7) is 0. The summed E-state index contributed by atoms with van der Waals surface area (Å²) in [4.78, 5) is 13.2. The molecule has 0 saturated heterocycles. The molecule has 0 aliphatic carbocycles. The topological polar surface area (TPSA) is 32.9 Å². The molecular formula is C11H7F2NO. The highest BCUT2D eigenvalue weighted by molar-refractivity contribution is 5.62. The van der Waals surface area contributed by atoms with Crippen LogP contribution in [0.5, 0.6) is 0 Å². The zero-order chi connectivity index (χ0) is 10.8. The summed E-state index contributed by atoms with van der Waals surface area (Å²) in [6.07, 6.45) is 1.45. The zero-order valence-electron chi connectivity index (χ0n) is 7.63. The van der Waals surface area contributed by atoms with Crippen LogP contribution in [0, 0.1) is 11.6 Å². The largest absolute Gasteiger partial charge is 0.328 e. The first kappa shape index (κ1) is 9.58. The number of hydrogen-bond acceptors (Lipinski definition) is 1. The molecule has 1 aromatic heterocycles. The van der Waals surface area contributed by atoms with Gasteiger partial charge in [0.25, 0.3) is 0 Å². The van der Waals surface area contributed by atoms with Crippen LogP contribution in [-0.4, -0.2) is 4.98 Å². The van der Waals surface area contributed by atoms with Crippen molar-refractivity contribution in [3.05, 3.63) is 58.5 Å². The number of halogens is 2. The third kappa shape index (κ3) is 1.93. The van der Waals surface area contributed by atoms with Crippen molar-refractivity contribution in [2.75, 3.05) is 0 Å². The van der Waals surface area contributed by atoms with Crippen LogP contribution in [0.2, 0.25) is 0 Å². The standard InChI is InChI=1S/C11H7F2NO/c12-9-3-1-7(5-10(9)13)8-2-4-11(15)14-6-8/h1-6H,(H,14,15). The Labute approximate surface area is 84.2 Å². The van der Waals surface area contributed by atoms with Crippen molar-refractivity contribution in [3.8, 4) is 11.1 Å². The fraction of sp³-hybridized carbons (Fsp3) is 0. The van der Waals surface area contributed by atoms with Gasteiger partial charge in [-0.15, -0.1) is 0 Å². The highest BCUT2D eigenvalue weighted by Gasteiger charge is 2.03. The second-order valence-electron chi connectivity index (χ2n) is 3.07. The van der Waals surface area contributed by atoms with Crippen molar-refractivity contribution in [1.29, 1.82) is 0 Å². The molecule has 15 heavy (non-hydrogen) atoms. The Balaban J connectivity index is 2.50. The van der Waals surface area contributed by atoms with Crippen molar-refractivity contribution in [3.63, 3.8) is 0 Å². The molecule has 0 aliphatic heterocycles. The van der Waals surface area contributed by atoms with Gasteiger partial charge in [-0.1, -0.05) is 6.07 Å². The third-order valence-corrected chi connectivity index (χ3v) is 2.04. The molecule has 1 aromatic carbocycles. The van der Waals surface area contributed by atoms with E-state index in [1.54, 1.807) is 6.07 Å². The molecule has 0 unspecified atom stereocenters. The lowest BCUT2D eigenvalue weighted by Gasteiger charge is -2.01. The summed E-state index contributed by atoms with van der Waals surface area (Å²) < 4.78 is 25.5. The second-order valence-corrected chi connectivity index (χ2v) is 3.07. The molecule has 76 valence electrons. The van der Waals surface area contributed by atoms with Gasteiger partial charge in [0.1, 0.15) is 0 Å². The molecule has 1 N–H and O–H groups in total. The van der Waals surface area contributed by atoms with E-state index in [1.807, 2.05) is 0 Å². The summed E-state index contributed by atoms with van der Waals surface area (Å²) >= 11 is 0. The summed E-state index contributed by atoms with van der Waals surface area (Å²) in [5, 5.41) is 0. The van der Waals surface area contributed by atoms with Crippen molar-refractivity contribution >= 4 is 0 Å². The van der Waals surface area contributed by atoms with Crippen LogP contribution in [0.4, 0.5) is 8.78 Å². The van der Waals surface area contributed by atoms with E-state index in [9.17, 15) is 13.6 Å². The average Bonchev–Trinajstić information content (AvgIpc) is 2.23. The number of hydrogen-bond donors (Lipinski definition) is 1. The zero-order valence-corrected chi connectivity index (χ0v) is 7.63. The van der Waals surface area contributed by atoms with E-state index in [-0.39, 0.29) is 5.56 Å². The van der Waals surface area contributed by atoms with Crippen LogP contribution in [0.3, 0.4) is 0 Å². The maximum Gasteiger partial charge on any atom is 0.247 e. The number of aromatic amines is 1. The number of aromatic nitrogens is 1. The molecule has 0 aliphatic rings. The van der Waals surface area contributed by atoms with Gasteiger partial charge in [0.15, 0.2) is 11.6 Å². The van der Waals surface area contributed by atoms with Gasteiger partial charge < -0.3 is 4.98 Å². The predicted molar refractivity (Wildman–Crippen MR) is 52.4 cm³/mol. The fourth-order valence-corrected chi connectivity index (χ4v) is 1.27. The average molecular weight is 207 g/mol. The Kier molecular flexibility index (Phi) is 2.33. The number of H-pyrrole nitrogens is 1. The van der Waals surface area contributed by atoms with Crippen LogP contribution in [-0.2, 0) is 0 Å². The SMILES string of the molecule is O=c1ccc(-c2ccc(F)c(F)c2)c[nH]1. The molecule has 0 spiro atoms. The molecule has 0 atom stereocenters. The summed E-state index contributed by atoms with van der Waals surface area (Å²) in [5.41, 5.74) is 0.917. The van der Waals surface area contributed by atoms with Crippen LogP contribution in [0.15, 0.2) is 41.3 Å². The van der Waals surface area contributed by atoms with Crippen molar-refractivity contribution in [2.45, 2.75) is 0 Å². The van der Waals surface area contributed by atoms with Gasteiger partial charge in [0.05, 0.1) is 0 Å². The molecule has 2 rings (SSSR count). The maximum absolute atomic E-state index is 12.9. The molecule has 0 bridgehead atoms. The minimum atomic E-state index is -0.904. The molecule has 2 nitrogen and oxygen atoms in total. The van der Waals surface area contributed by atoms with Crippen LogP contribution in [0.1, 0.15) is 0 Å². The predicted octanol–water partition coefficient (Wildman–Crippen LogP) is 2.32. The summed E-state index contributed by atoms with van der Waals surface area (Å²) in [7, 11) is 0. The van der Waals surface area contributed by atoms with E-state index in [0.29, 0.717) is 11.1 Å². The minimum absolute atomic E-state index is 0.235. The molecule has 4 heteroatoms. The molecule has 0 amide bonds. The van der Waals surface area contributed by atoms with Crippen molar-refractivity contribution in [2.24, 2.45) is 0 Å². The van der Waals surface area contributed by atoms with Gasteiger partial charge in [0, 0.05) is 12.3 Å². The Morgan fingerprint density at radius 1 is 0.933 bits per heavy atom. The fourth-order valence-electron chi connectivity index (χ4n) is 1.27. The highest BCUT2D eigenvalue weighted by Crippen LogP contribution is 2.19. The van der Waals surface area contributed by atoms with E-state index < -0.39 is 11.6 Å². The summed E-state index contributed by atoms with van der Waals surface area (Å²) in [5.74, 6) is -1.79. The highest BCUT2D eigenvalue weighted by atomic mass is 19.2. The van der Waals surface area contributed by atoms with Gasteiger partial charge in [0.2, 0.25) is 5.56 Å². The lowest BCUT2D eigenvalue weighted by molar-refractivity contribution is 0.509. The number of rotatable bonds is 1. The van der Waals surface area contributed by atoms with Crippen LogP contribution in [0.25, 0.3) is 11.1 Å². The monoisotopic (exact) mass is 207 g/mol. The second kappa shape index (κ2) is 3.65. The van der Waals surface area contributed by atoms with E-state index >= 15 is 0 Å². The van der Waals surface area contributed by atoms with E-state index in [4.69, 9.17) is 0 Å². The number of benzene rings is 1. The lowest BCUT2D eigenvalue weighted by atomic mass is 10.1. The molecular weight excluding hydrogens is 200 g/mol. The Morgan fingerprint density at radius 2 is 1.67 bits per heavy atom. The molecule has 2 aromatic rings. The Bertz CT molecular complexity index is 528. The van der Waals surface area contributed by atoms with Gasteiger partial charge in [-0.25, -0.2) is 8.78 Å². The molecule has 0 fully saturated rings. The smallest absolute Gasteiger partial charge is 0.247 e. The number of nitrogens with one attached hydrogen (secondary N) is 1. The first-order valence-electron chi connectivity index (χ1n) is 4.31. The summed E-state index contributed by atoms with van der Waals surface area (Å²) in [6, 6.07) is 6.47. The Morgan fingerprint density at radius 3 is 2.27 bits per heavy atom. The van der Waals surface area contributed by atoms with Crippen LogP contribution >= 0.6 is 0 Å². The van der Waals surface area contributed by atoms with Gasteiger partial charge in [-0.2, -0.15) is 0 Å². The van der Waals surface area contributed by atoms with Crippen molar-refractivity contribution < 1.29 is 8.78 Å². The van der Waals surface area contributed by atoms with Crippen molar-refractivity contribution in [1.82, 2.24) is 4.98 Å². The first-order valence-corrected chi connectivity index (χ1v) is 4.31. The molecule has 0 saturated carbocycles. The normalized spacial score (nSPS) is 10.3. The van der Waals surface area contributed by atoms with E-state index in [1.165, 1.54) is 18.3 Å². The van der Waals surface area contributed by atoms with E-state index in [0.717, 1.165) is 12.1 Å². The van der Waals surface area contributed by atoms with Gasteiger partial charge >= 0.3 is 0 Å². The van der Waals surface area contributed by atoms with Crippen LogP contribution < -0.4 is 5.56 Å².